The Hall–Kier alpha value is 1.60. The van der Waals surface area contributed by atoms with Crippen molar-refractivity contribution < 1.29 is 0 Å². The van der Waals surface area contributed by atoms with Gasteiger partial charge in [0.1, 0.15) is 0 Å². The van der Waals surface area contributed by atoms with Crippen LogP contribution in [0.2, 0.25) is 8.87 Å². The third kappa shape index (κ3) is 1.66. The normalized spacial score (nSPS) is 20.8. The van der Waals surface area contributed by atoms with E-state index < -0.39 is 0 Å². The van der Waals surface area contributed by atoms with E-state index in [4.69, 9.17) is 0 Å². The molecule has 0 radical (unpaired) electrons. The molecule has 0 bridgehead atoms. The van der Waals surface area contributed by atoms with Crippen molar-refractivity contribution >= 4 is 33.1 Å². The molecule has 0 nitrogen and oxygen atoms in total. The molecule has 0 aliphatic carbocycles. The zero-order chi connectivity index (χ0) is 3.54. The molecule has 0 N–H and O–H groups in total. The van der Waals surface area contributed by atoms with Gasteiger partial charge in [-0.1, -0.05) is 0 Å². The van der Waals surface area contributed by atoms with Crippen molar-refractivity contribution in [1.82, 2.24) is 0 Å². The fourth-order valence-electron chi connectivity index (χ4n) is 0.589. The van der Waals surface area contributed by atoms with Crippen molar-refractivity contribution in [2.75, 3.05) is 0 Å². The Kier molecular flexibility index (Phi) is 2.58. The second-order valence-electron chi connectivity index (χ2n) is 1.40. The summed E-state index contributed by atoms with van der Waals surface area (Å²) < 4.78 is 3.55. The Labute approximate surface area is 47.9 Å². The van der Waals surface area contributed by atoms with Crippen LogP contribution in [-0.4, -0.2) is 33.1 Å². The van der Waals surface area contributed by atoms with E-state index in [0.717, 1.165) is 0 Å². The van der Waals surface area contributed by atoms with Crippen molar-refractivity contribution in [3.05, 3.63) is 0 Å². The molecular formula is C3H8Sn2. The monoisotopic (exact) mass is 284 g/mol. The summed E-state index contributed by atoms with van der Waals surface area (Å²) in [5, 5.41) is 0. The van der Waals surface area contributed by atoms with Crippen LogP contribution in [0.4, 0.5) is 0 Å². The zero-order valence-corrected chi connectivity index (χ0v) is 9.87. The van der Waals surface area contributed by atoms with Crippen molar-refractivity contribution in [2.45, 2.75) is 15.3 Å². The molecule has 0 atom stereocenters. The van der Waals surface area contributed by atoms with E-state index in [9.17, 15) is 0 Å². The van der Waals surface area contributed by atoms with Gasteiger partial charge in [-0.25, -0.2) is 0 Å². The molecule has 2 heteroatoms. The van der Waals surface area contributed by atoms with Gasteiger partial charge in [-0.15, -0.1) is 0 Å². The average Bonchev–Trinajstić information content (AvgIpc) is 1.76. The minimum absolute atomic E-state index is 0.381. The van der Waals surface area contributed by atoms with Crippen LogP contribution in [0.25, 0.3) is 0 Å². The van der Waals surface area contributed by atoms with Crippen LogP contribution >= 0.6 is 0 Å². The molecule has 1 aliphatic rings. The second kappa shape index (κ2) is 2.72. The van der Waals surface area contributed by atoms with E-state index in [1.54, 1.807) is 15.3 Å². The molecule has 0 amide bonds. The molecule has 0 aromatic rings. The van der Waals surface area contributed by atoms with Gasteiger partial charge in [0, 0.05) is 0 Å². The van der Waals surface area contributed by atoms with E-state index in [2.05, 4.69) is 0 Å². The predicted octanol–water partition coefficient (Wildman–Crippen LogP) is 0.0147. The van der Waals surface area contributed by atoms with E-state index in [-0.39, 0.29) is 0 Å². The molecular weight excluding hydrogens is 273 g/mol. The van der Waals surface area contributed by atoms with Crippen molar-refractivity contribution in [1.29, 1.82) is 0 Å². The van der Waals surface area contributed by atoms with Gasteiger partial charge in [0.25, 0.3) is 0 Å². The molecule has 5 heavy (non-hydrogen) atoms. The molecule has 1 aliphatic heterocycles. The average molecular weight is 282 g/mol. The van der Waals surface area contributed by atoms with Gasteiger partial charge in [-0.2, -0.15) is 0 Å². The number of hydrogen-bond acceptors (Lipinski definition) is 0. The van der Waals surface area contributed by atoms with Crippen LogP contribution in [0, 0.1) is 0 Å². The summed E-state index contributed by atoms with van der Waals surface area (Å²) in [6, 6.07) is 0. The Morgan fingerprint density at radius 1 is 1.00 bits per heavy atom. The Morgan fingerprint density at radius 2 is 1.60 bits per heavy atom. The topological polar surface area (TPSA) is 0 Å². The summed E-state index contributed by atoms with van der Waals surface area (Å²) in [6.07, 6.45) is 1.67. The predicted molar refractivity (Wildman–Crippen MR) is 28.5 cm³/mol. The summed E-state index contributed by atoms with van der Waals surface area (Å²) in [7, 11) is 0. The van der Waals surface area contributed by atoms with Gasteiger partial charge in [0.2, 0.25) is 0 Å². The first kappa shape index (κ1) is 4.75. The standard InChI is InChI=1S/C3H6.2Sn.2H/c1-3-2;;;;/h1-3H2;;;;. The van der Waals surface area contributed by atoms with Crippen molar-refractivity contribution in [3.8, 4) is 0 Å². The van der Waals surface area contributed by atoms with Gasteiger partial charge in [-0.3, -0.25) is 0 Å². The van der Waals surface area contributed by atoms with Crippen molar-refractivity contribution in [3.63, 3.8) is 0 Å². The summed E-state index contributed by atoms with van der Waals surface area (Å²) >= 11 is 0.762. The second-order valence-corrected chi connectivity index (χ2v) is 25.4. The minimum atomic E-state index is 0.381. The van der Waals surface area contributed by atoms with Crippen LogP contribution in [0.15, 0.2) is 0 Å². The van der Waals surface area contributed by atoms with E-state index in [1.807, 2.05) is 0 Å². The van der Waals surface area contributed by atoms with Crippen LogP contribution in [0.1, 0.15) is 6.42 Å². The zero-order valence-electron chi connectivity index (χ0n) is 3.28. The molecule has 1 rings (SSSR count). The van der Waals surface area contributed by atoms with Crippen LogP contribution < -0.4 is 0 Å². The molecule has 0 saturated heterocycles. The quantitative estimate of drug-likeness (QED) is 0.549. The fraction of sp³-hybridized carbons (Fsp3) is 1.00. The molecule has 28 valence electrons. The first-order chi connectivity index (χ1) is 2.50. The van der Waals surface area contributed by atoms with Crippen LogP contribution in [0.5, 0.6) is 0 Å². The molecule has 0 saturated carbocycles. The van der Waals surface area contributed by atoms with E-state index in [0.29, 0.717) is 33.1 Å². The third-order valence-corrected chi connectivity index (χ3v) is 25.2. The third-order valence-electron chi connectivity index (χ3n) is 0.908. The SMILES string of the molecule is C1[CH2][SnH]=[SnH][CH2]1. The molecule has 0 aromatic heterocycles. The first-order valence-electron chi connectivity index (χ1n) is 2.15. The van der Waals surface area contributed by atoms with Crippen LogP contribution in [0.3, 0.4) is 0 Å². The summed E-state index contributed by atoms with van der Waals surface area (Å²) in [5.74, 6) is 0. The summed E-state index contributed by atoms with van der Waals surface area (Å²) in [5.41, 5.74) is 0. The number of rotatable bonds is 0. The van der Waals surface area contributed by atoms with Gasteiger partial charge >= 0.3 is 48.4 Å². The summed E-state index contributed by atoms with van der Waals surface area (Å²) in [6.45, 7) is 0. The van der Waals surface area contributed by atoms with Gasteiger partial charge < -0.3 is 0 Å². The van der Waals surface area contributed by atoms with Crippen molar-refractivity contribution in [2.24, 2.45) is 0 Å². The Balaban J connectivity index is 2.32. The molecule has 0 unspecified atom stereocenters. The van der Waals surface area contributed by atoms with E-state index >= 15 is 0 Å². The maximum atomic E-state index is 1.77. The summed E-state index contributed by atoms with van der Waals surface area (Å²) in [4.78, 5) is 0. The first-order valence-corrected chi connectivity index (χ1v) is 21.5. The number of hydrogen-bond donors (Lipinski definition) is 0. The van der Waals surface area contributed by atoms with E-state index in [1.165, 1.54) is 0 Å². The molecule has 1 heterocycles. The van der Waals surface area contributed by atoms with Crippen LogP contribution in [-0.2, 0) is 0 Å². The fourth-order valence-corrected chi connectivity index (χ4v) is 26.5. The Bertz CT molecular complexity index is 42.9. The maximum absolute atomic E-state index is 1.77. The van der Waals surface area contributed by atoms with Gasteiger partial charge in [0.05, 0.1) is 0 Å². The molecule has 0 fully saturated rings. The Morgan fingerprint density at radius 3 is 1.80 bits per heavy atom. The molecule has 0 aromatic carbocycles. The van der Waals surface area contributed by atoms with Gasteiger partial charge in [0.15, 0.2) is 0 Å². The molecule has 0 spiro atoms. The van der Waals surface area contributed by atoms with Gasteiger partial charge in [-0.05, 0) is 0 Å².